The minimum absolute atomic E-state index is 0.0761. The lowest BCUT2D eigenvalue weighted by atomic mass is 10.1. The SMILES string of the molecule is CC(Nc1nc(C(F)(F)F)ccc1C(N)=O)C1CCCO1. The van der Waals surface area contributed by atoms with Gasteiger partial charge in [0.15, 0.2) is 0 Å². The second-order valence-corrected chi connectivity index (χ2v) is 4.94. The molecule has 1 saturated heterocycles. The van der Waals surface area contributed by atoms with Crippen molar-refractivity contribution in [3.8, 4) is 0 Å². The van der Waals surface area contributed by atoms with E-state index < -0.39 is 17.8 Å². The van der Waals surface area contributed by atoms with Gasteiger partial charge in [0.05, 0.1) is 17.7 Å². The number of alkyl halides is 3. The molecule has 2 unspecified atom stereocenters. The van der Waals surface area contributed by atoms with Crippen LogP contribution in [0.1, 0.15) is 35.8 Å². The third-order valence-electron chi connectivity index (χ3n) is 3.34. The molecule has 1 amide bonds. The Morgan fingerprint density at radius 2 is 2.24 bits per heavy atom. The van der Waals surface area contributed by atoms with Gasteiger partial charge >= 0.3 is 6.18 Å². The zero-order valence-corrected chi connectivity index (χ0v) is 11.4. The van der Waals surface area contributed by atoms with Gasteiger partial charge in [0.2, 0.25) is 0 Å². The third-order valence-corrected chi connectivity index (χ3v) is 3.34. The Labute approximate surface area is 119 Å². The number of pyridine rings is 1. The number of rotatable bonds is 4. The van der Waals surface area contributed by atoms with Crippen LogP contribution in [0, 0.1) is 0 Å². The first-order valence-corrected chi connectivity index (χ1v) is 6.55. The van der Waals surface area contributed by atoms with Gasteiger partial charge in [0.1, 0.15) is 11.5 Å². The minimum Gasteiger partial charge on any atom is -0.376 e. The van der Waals surface area contributed by atoms with Crippen molar-refractivity contribution in [3.63, 3.8) is 0 Å². The van der Waals surface area contributed by atoms with Crippen LogP contribution in [-0.2, 0) is 10.9 Å². The van der Waals surface area contributed by atoms with Crippen LogP contribution in [0.5, 0.6) is 0 Å². The highest BCUT2D eigenvalue weighted by atomic mass is 19.4. The topological polar surface area (TPSA) is 77.2 Å². The molecule has 5 nitrogen and oxygen atoms in total. The fourth-order valence-electron chi connectivity index (χ4n) is 2.23. The van der Waals surface area contributed by atoms with Gasteiger partial charge in [-0.25, -0.2) is 4.98 Å². The zero-order chi connectivity index (χ0) is 15.6. The number of hydrogen-bond acceptors (Lipinski definition) is 4. The fourth-order valence-corrected chi connectivity index (χ4v) is 2.23. The summed E-state index contributed by atoms with van der Waals surface area (Å²) in [4.78, 5) is 14.8. The van der Waals surface area contributed by atoms with Gasteiger partial charge in [0, 0.05) is 6.61 Å². The molecule has 3 N–H and O–H groups in total. The van der Waals surface area contributed by atoms with E-state index in [0.29, 0.717) is 6.61 Å². The molecule has 0 saturated carbocycles. The number of nitrogens with one attached hydrogen (secondary N) is 1. The number of hydrogen-bond donors (Lipinski definition) is 2. The van der Waals surface area contributed by atoms with E-state index in [1.165, 1.54) is 0 Å². The maximum atomic E-state index is 12.7. The molecular formula is C13H16F3N3O2. The van der Waals surface area contributed by atoms with Gasteiger partial charge in [-0.1, -0.05) is 0 Å². The standard InChI is InChI=1S/C13H16F3N3O2/c1-7(9-3-2-6-21-9)18-12-8(11(17)20)4-5-10(19-12)13(14,15)16/h4-5,7,9H,2-3,6H2,1H3,(H2,17,20)(H,18,19). The Morgan fingerprint density at radius 1 is 1.52 bits per heavy atom. The molecule has 0 spiro atoms. The summed E-state index contributed by atoms with van der Waals surface area (Å²) in [5.41, 5.74) is 4.02. The predicted octanol–water partition coefficient (Wildman–Crippen LogP) is 2.18. The average Bonchev–Trinajstić information content (AvgIpc) is 2.91. The third kappa shape index (κ3) is 3.63. The highest BCUT2D eigenvalue weighted by Crippen LogP contribution is 2.30. The molecule has 1 aliphatic rings. The first kappa shape index (κ1) is 15.6. The highest BCUT2D eigenvalue weighted by Gasteiger charge is 2.34. The Hall–Kier alpha value is -1.83. The monoisotopic (exact) mass is 303 g/mol. The molecule has 0 aromatic carbocycles. The van der Waals surface area contributed by atoms with E-state index in [2.05, 4.69) is 10.3 Å². The van der Waals surface area contributed by atoms with Gasteiger partial charge in [0.25, 0.3) is 5.91 Å². The summed E-state index contributed by atoms with van der Waals surface area (Å²) in [5, 5.41) is 2.81. The van der Waals surface area contributed by atoms with Crippen LogP contribution in [0.3, 0.4) is 0 Å². The zero-order valence-electron chi connectivity index (χ0n) is 11.4. The molecule has 1 aromatic rings. The lowest BCUT2D eigenvalue weighted by Gasteiger charge is -2.22. The van der Waals surface area contributed by atoms with Crippen molar-refractivity contribution < 1.29 is 22.7 Å². The minimum atomic E-state index is -4.58. The molecule has 21 heavy (non-hydrogen) atoms. The molecule has 116 valence electrons. The molecular weight excluding hydrogens is 287 g/mol. The van der Waals surface area contributed by atoms with Gasteiger partial charge in [-0.05, 0) is 31.9 Å². The summed E-state index contributed by atoms with van der Waals surface area (Å²) in [6.45, 7) is 2.39. The number of aromatic nitrogens is 1. The van der Waals surface area contributed by atoms with Gasteiger partial charge in [-0.15, -0.1) is 0 Å². The maximum Gasteiger partial charge on any atom is 0.433 e. The number of primary amides is 1. The summed E-state index contributed by atoms with van der Waals surface area (Å²) in [5.74, 6) is -1.00. The summed E-state index contributed by atoms with van der Waals surface area (Å²) in [6, 6.07) is 1.49. The van der Waals surface area contributed by atoms with E-state index in [-0.39, 0.29) is 23.5 Å². The summed E-state index contributed by atoms with van der Waals surface area (Å²) < 4.78 is 43.6. The maximum absolute atomic E-state index is 12.7. The van der Waals surface area contributed by atoms with E-state index >= 15 is 0 Å². The van der Waals surface area contributed by atoms with Crippen LogP contribution in [0.15, 0.2) is 12.1 Å². The lowest BCUT2D eigenvalue weighted by molar-refractivity contribution is -0.141. The van der Waals surface area contributed by atoms with Crippen LogP contribution in [0.4, 0.5) is 19.0 Å². The van der Waals surface area contributed by atoms with Crippen LogP contribution in [0.25, 0.3) is 0 Å². The fraction of sp³-hybridized carbons (Fsp3) is 0.538. The number of amides is 1. The number of nitrogens with zero attached hydrogens (tertiary/aromatic N) is 1. The van der Waals surface area contributed by atoms with Crippen LogP contribution < -0.4 is 11.1 Å². The molecule has 1 aliphatic heterocycles. The van der Waals surface area contributed by atoms with Crippen LogP contribution in [0.2, 0.25) is 0 Å². The number of carbonyl (C=O) groups excluding carboxylic acids is 1. The smallest absolute Gasteiger partial charge is 0.376 e. The van der Waals surface area contributed by atoms with Crippen molar-refractivity contribution in [3.05, 3.63) is 23.4 Å². The summed E-state index contributed by atoms with van der Waals surface area (Å²) in [7, 11) is 0. The number of anilines is 1. The summed E-state index contributed by atoms with van der Waals surface area (Å²) in [6.07, 6.45) is -3.00. The molecule has 2 atom stereocenters. The van der Waals surface area contributed by atoms with Gasteiger partial charge in [-0.2, -0.15) is 13.2 Å². The van der Waals surface area contributed by atoms with Gasteiger partial charge < -0.3 is 15.8 Å². The average molecular weight is 303 g/mol. The Bertz CT molecular complexity index is 528. The molecule has 8 heteroatoms. The molecule has 1 aromatic heterocycles. The van der Waals surface area contributed by atoms with Crippen molar-refractivity contribution in [2.75, 3.05) is 11.9 Å². The lowest BCUT2D eigenvalue weighted by Crippen LogP contribution is -2.32. The second-order valence-electron chi connectivity index (χ2n) is 4.94. The number of carbonyl (C=O) groups is 1. The van der Waals surface area contributed by atoms with Crippen molar-refractivity contribution in [2.45, 2.75) is 38.1 Å². The first-order valence-electron chi connectivity index (χ1n) is 6.55. The Morgan fingerprint density at radius 3 is 2.76 bits per heavy atom. The number of nitrogens with two attached hydrogens (primary N) is 1. The van der Waals surface area contributed by atoms with E-state index in [1.54, 1.807) is 6.92 Å². The van der Waals surface area contributed by atoms with E-state index in [1.807, 2.05) is 0 Å². The molecule has 2 heterocycles. The molecule has 2 rings (SSSR count). The number of halogens is 3. The molecule has 1 fully saturated rings. The van der Waals surface area contributed by atoms with E-state index in [0.717, 1.165) is 25.0 Å². The summed E-state index contributed by atoms with van der Waals surface area (Å²) >= 11 is 0. The quantitative estimate of drug-likeness (QED) is 0.893. The van der Waals surface area contributed by atoms with Crippen molar-refractivity contribution in [2.24, 2.45) is 5.73 Å². The Kier molecular flexibility index (Phi) is 4.36. The van der Waals surface area contributed by atoms with Crippen LogP contribution >= 0.6 is 0 Å². The van der Waals surface area contributed by atoms with Crippen molar-refractivity contribution in [1.29, 1.82) is 0 Å². The van der Waals surface area contributed by atoms with E-state index in [9.17, 15) is 18.0 Å². The molecule has 0 aliphatic carbocycles. The Balaban J connectivity index is 2.27. The molecule has 0 radical (unpaired) electrons. The van der Waals surface area contributed by atoms with E-state index in [4.69, 9.17) is 10.5 Å². The highest BCUT2D eigenvalue weighted by molar-refractivity contribution is 5.97. The second kappa shape index (κ2) is 5.88. The van der Waals surface area contributed by atoms with Crippen LogP contribution in [-0.4, -0.2) is 29.6 Å². The van der Waals surface area contributed by atoms with Crippen molar-refractivity contribution in [1.82, 2.24) is 4.98 Å². The largest absolute Gasteiger partial charge is 0.433 e. The molecule has 0 bridgehead atoms. The predicted molar refractivity (Wildman–Crippen MR) is 69.8 cm³/mol. The number of ether oxygens (including phenoxy) is 1. The van der Waals surface area contributed by atoms with Crippen molar-refractivity contribution >= 4 is 11.7 Å². The van der Waals surface area contributed by atoms with Gasteiger partial charge in [-0.3, -0.25) is 4.79 Å². The first-order chi connectivity index (χ1) is 9.79. The normalized spacial score (nSPS) is 20.3.